The van der Waals surface area contributed by atoms with Gasteiger partial charge in [0, 0.05) is 5.56 Å². The Hall–Kier alpha value is -2.54. The van der Waals surface area contributed by atoms with Crippen molar-refractivity contribution in [3.05, 3.63) is 35.5 Å². The quantitative estimate of drug-likeness (QED) is 0.719. The minimum absolute atomic E-state index is 0.0530. The third-order valence-electron chi connectivity index (χ3n) is 4.48. The number of carbonyl (C=O) groups excluding carboxylic acids is 1. The topological polar surface area (TPSA) is 77.4 Å². The Kier molecular flexibility index (Phi) is 5.78. The second-order valence-electron chi connectivity index (χ2n) is 6.65. The zero-order valence-corrected chi connectivity index (χ0v) is 15.5. The van der Waals surface area contributed by atoms with E-state index in [4.69, 9.17) is 9.47 Å². The van der Waals surface area contributed by atoms with Crippen LogP contribution < -0.4 is 20.1 Å². The van der Waals surface area contributed by atoms with Gasteiger partial charge in [0.1, 0.15) is 5.82 Å². The van der Waals surface area contributed by atoms with Gasteiger partial charge in [0.2, 0.25) is 5.91 Å². The molecule has 0 spiro atoms. The van der Waals surface area contributed by atoms with Crippen LogP contribution in [0.3, 0.4) is 0 Å². The van der Waals surface area contributed by atoms with Gasteiger partial charge in [-0.25, -0.2) is 4.68 Å². The van der Waals surface area contributed by atoms with Crippen molar-refractivity contribution in [3.8, 4) is 11.5 Å². The van der Waals surface area contributed by atoms with Gasteiger partial charge in [0.05, 0.1) is 33.5 Å². The molecule has 1 amide bonds. The van der Waals surface area contributed by atoms with Crippen LogP contribution in [0.5, 0.6) is 11.5 Å². The number of nitrogens with one attached hydrogen (secondary N) is 2. The summed E-state index contributed by atoms with van der Waals surface area (Å²) in [7, 11) is 3.22. The lowest BCUT2D eigenvalue weighted by Crippen LogP contribution is -2.30. The first-order chi connectivity index (χ1) is 12.6. The van der Waals surface area contributed by atoms with Crippen LogP contribution in [0.15, 0.2) is 24.4 Å². The summed E-state index contributed by atoms with van der Waals surface area (Å²) in [5, 5.41) is 10.6. The van der Waals surface area contributed by atoms with Crippen LogP contribution in [0.4, 0.5) is 5.82 Å². The number of benzene rings is 1. The van der Waals surface area contributed by atoms with E-state index < -0.39 is 0 Å². The average molecular weight is 358 g/mol. The summed E-state index contributed by atoms with van der Waals surface area (Å²) in [5.74, 6) is 2.77. The highest BCUT2D eigenvalue weighted by Crippen LogP contribution is 2.28. The molecule has 0 radical (unpaired) electrons. The van der Waals surface area contributed by atoms with Gasteiger partial charge in [-0.1, -0.05) is 6.07 Å². The molecule has 0 unspecified atom stereocenters. The lowest BCUT2D eigenvalue weighted by molar-refractivity contribution is -0.115. The van der Waals surface area contributed by atoms with Crippen molar-refractivity contribution in [3.63, 3.8) is 0 Å². The fraction of sp³-hybridized carbons (Fsp3) is 0.474. The highest BCUT2D eigenvalue weighted by molar-refractivity contribution is 5.92. The maximum atomic E-state index is 12.2. The molecular weight excluding hydrogens is 332 g/mol. The Balaban J connectivity index is 1.66. The van der Waals surface area contributed by atoms with E-state index in [9.17, 15) is 4.79 Å². The second kappa shape index (κ2) is 8.23. The predicted molar refractivity (Wildman–Crippen MR) is 99.8 cm³/mol. The molecule has 1 heterocycles. The monoisotopic (exact) mass is 358 g/mol. The van der Waals surface area contributed by atoms with Crippen LogP contribution in [0.2, 0.25) is 0 Å². The maximum absolute atomic E-state index is 12.2. The minimum Gasteiger partial charge on any atom is -0.493 e. The first kappa shape index (κ1) is 18.3. The molecule has 1 aromatic carbocycles. The Labute approximate surface area is 153 Å². The molecule has 140 valence electrons. The van der Waals surface area contributed by atoms with E-state index in [1.165, 1.54) is 12.8 Å². The smallest absolute Gasteiger partial charge is 0.239 e. The van der Waals surface area contributed by atoms with E-state index in [-0.39, 0.29) is 5.91 Å². The maximum Gasteiger partial charge on any atom is 0.239 e. The molecule has 2 N–H and O–H groups in total. The van der Waals surface area contributed by atoms with Gasteiger partial charge in [-0.05, 0) is 49.9 Å². The van der Waals surface area contributed by atoms with Gasteiger partial charge in [0.15, 0.2) is 11.5 Å². The van der Waals surface area contributed by atoms with Gasteiger partial charge < -0.3 is 20.1 Å². The fourth-order valence-electron chi connectivity index (χ4n) is 2.80. The van der Waals surface area contributed by atoms with E-state index in [1.807, 2.05) is 25.1 Å². The summed E-state index contributed by atoms with van der Waals surface area (Å²) in [6, 6.07) is 5.74. The number of carbonyl (C=O) groups is 1. The summed E-state index contributed by atoms with van der Waals surface area (Å²) in [5.41, 5.74) is 1.94. The summed E-state index contributed by atoms with van der Waals surface area (Å²) >= 11 is 0. The average Bonchev–Trinajstić information content (AvgIpc) is 3.41. The molecule has 3 rings (SSSR count). The largest absolute Gasteiger partial charge is 0.493 e. The molecule has 0 atom stereocenters. The Morgan fingerprint density at radius 1 is 1.27 bits per heavy atom. The Bertz CT molecular complexity index is 768. The molecule has 2 aromatic rings. The van der Waals surface area contributed by atoms with Gasteiger partial charge in [-0.2, -0.15) is 5.10 Å². The molecule has 1 saturated carbocycles. The zero-order chi connectivity index (χ0) is 18.5. The van der Waals surface area contributed by atoms with Crippen molar-refractivity contribution in [1.29, 1.82) is 0 Å². The molecule has 0 aliphatic heterocycles. The van der Waals surface area contributed by atoms with Gasteiger partial charge >= 0.3 is 0 Å². The second-order valence-corrected chi connectivity index (χ2v) is 6.65. The van der Waals surface area contributed by atoms with E-state index in [0.717, 1.165) is 29.4 Å². The van der Waals surface area contributed by atoms with Gasteiger partial charge in [-0.15, -0.1) is 0 Å². The number of anilines is 1. The number of amides is 1. The van der Waals surface area contributed by atoms with Crippen molar-refractivity contribution < 1.29 is 14.3 Å². The van der Waals surface area contributed by atoms with Crippen LogP contribution in [0.25, 0.3) is 0 Å². The van der Waals surface area contributed by atoms with Crippen molar-refractivity contribution in [1.82, 2.24) is 15.1 Å². The molecule has 7 nitrogen and oxygen atoms in total. The molecule has 26 heavy (non-hydrogen) atoms. The highest BCUT2D eigenvalue weighted by Gasteiger charge is 2.21. The lowest BCUT2D eigenvalue weighted by atomic mass is 10.2. The zero-order valence-electron chi connectivity index (χ0n) is 15.5. The SMILES string of the molecule is COc1ccc(Cn2ncc(C)c2NC(=O)CNCC2CC2)cc1OC. The van der Waals surface area contributed by atoms with Crippen LogP contribution in [-0.4, -0.2) is 43.0 Å². The number of ether oxygens (including phenoxy) is 2. The third-order valence-corrected chi connectivity index (χ3v) is 4.48. The summed E-state index contributed by atoms with van der Waals surface area (Å²) in [6.07, 6.45) is 4.30. The molecule has 1 aromatic heterocycles. The fourth-order valence-corrected chi connectivity index (χ4v) is 2.80. The number of methoxy groups -OCH3 is 2. The van der Waals surface area contributed by atoms with Crippen LogP contribution in [0, 0.1) is 12.8 Å². The molecule has 1 fully saturated rings. The number of rotatable bonds is 9. The van der Waals surface area contributed by atoms with Gasteiger partial charge in [-0.3, -0.25) is 4.79 Å². The molecule has 0 bridgehead atoms. The third kappa shape index (κ3) is 4.54. The van der Waals surface area contributed by atoms with Crippen LogP contribution >= 0.6 is 0 Å². The molecule has 1 aliphatic rings. The number of aryl methyl sites for hydroxylation is 1. The molecule has 1 aliphatic carbocycles. The minimum atomic E-state index is -0.0530. The first-order valence-electron chi connectivity index (χ1n) is 8.84. The standard InChI is InChI=1S/C19H26N4O3/c1-13-9-21-23(12-15-6-7-16(25-2)17(8-15)26-3)19(13)22-18(24)11-20-10-14-4-5-14/h6-9,14,20H,4-5,10-12H2,1-3H3,(H,22,24). The molecule has 7 heteroatoms. The Morgan fingerprint density at radius 3 is 2.73 bits per heavy atom. The number of aromatic nitrogens is 2. The normalized spacial score (nSPS) is 13.5. The summed E-state index contributed by atoms with van der Waals surface area (Å²) < 4.78 is 12.4. The molecular formula is C19H26N4O3. The lowest BCUT2D eigenvalue weighted by Gasteiger charge is -2.13. The molecule has 0 saturated heterocycles. The first-order valence-corrected chi connectivity index (χ1v) is 8.84. The highest BCUT2D eigenvalue weighted by atomic mass is 16.5. The van der Waals surface area contributed by atoms with E-state index in [0.29, 0.717) is 24.6 Å². The van der Waals surface area contributed by atoms with Crippen molar-refractivity contribution in [2.75, 3.05) is 32.6 Å². The summed E-state index contributed by atoms with van der Waals surface area (Å²) in [4.78, 5) is 12.2. The van der Waals surface area contributed by atoms with Crippen LogP contribution in [-0.2, 0) is 11.3 Å². The Morgan fingerprint density at radius 2 is 2.04 bits per heavy atom. The van der Waals surface area contributed by atoms with E-state index >= 15 is 0 Å². The van der Waals surface area contributed by atoms with Crippen LogP contribution in [0.1, 0.15) is 24.0 Å². The van der Waals surface area contributed by atoms with Crippen molar-refractivity contribution >= 4 is 11.7 Å². The van der Waals surface area contributed by atoms with E-state index in [2.05, 4.69) is 15.7 Å². The van der Waals surface area contributed by atoms with Crippen molar-refractivity contribution in [2.45, 2.75) is 26.3 Å². The predicted octanol–water partition coefficient (Wildman–Crippen LogP) is 2.20. The number of hydrogen-bond acceptors (Lipinski definition) is 5. The van der Waals surface area contributed by atoms with E-state index in [1.54, 1.807) is 25.1 Å². The summed E-state index contributed by atoms with van der Waals surface area (Å²) in [6.45, 7) is 3.69. The number of hydrogen-bond donors (Lipinski definition) is 2. The van der Waals surface area contributed by atoms with Gasteiger partial charge in [0.25, 0.3) is 0 Å². The van der Waals surface area contributed by atoms with Crippen molar-refractivity contribution in [2.24, 2.45) is 5.92 Å². The number of nitrogens with zero attached hydrogens (tertiary/aromatic N) is 2.